The number of methoxy groups -OCH3 is 2. The van der Waals surface area contributed by atoms with Crippen molar-refractivity contribution in [1.29, 1.82) is 0 Å². The standard InChI is InChI=1S/C21H22N2O4S/c1-4-27-16-7-5-14(6-8-16)21-22-15(13-28-21)11-20(24)23-18-12-17(25-2)9-10-19(18)26-3/h5-10,12-13H,4,11H2,1-3H3,(H,23,24). The van der Waals surface area contributed by atoms with Crippen molar-refractivity contribution < 1.29 is 19.0 Å². The van der Waals surface area contributed by atoms with Crippen LogP contribution in [0.5, 0.6) is 17.2 Å². The van der Waals surface area contributed by atoms with Crippen LogP contribution in [-0.2, 0) is 11.2 Å². The van der Waals surface area contributed by atoms with E-state index in [1.54, 1.807) is 32.4 Å². The number of hydrogen-bond donors (Lipinski definition) is 1. The Morgan fingerprint density at radius 3 is 2.50 bits per heavy atom. The van der Waals surface area contributed by atoms with Gasteiger partial charge in [0.25, 0.3) is 0 Å². The Hall–Kier alpha value is -3.06. The van der Waals surface area contributed by atoms with Gasteiger partial charge in [-0.05, 0) is 43.3 Å². The maximum Gasteiger partial charge on any atom is 0.230 e. The minimum Gasteiger partial charge on any atom is -0.497 e. The fourth-order valence-electron chi connectivity index (χ4n) is 2.65. The zero-order chi connectivity index (χ0) is 19.9. The lowest BCUT2D eigenvalue weighted by Gasteiger charge is -2.11. The van der Waals surface area contributed by atoms with Crippen molar-refractivity contribution >= 4 is 22.9 Å². The number of anilines is 1. The van der Waals surface area contributed by atoms with Gasteiger partial charge < -0.3 is 19.5 Å². The average molecular weight is 398 g/mol. The molecule has 0 aliphatic heterocycles. The highest BCUT2D eigenvalue weighted by Crippen LogP contribution is 2.29. The Kier molecular flexibility index (Phi) is 6.49. The quantitative estimate of drug-likeness (QED) is 0.609. The van der Waals surface area contributed by atoms with Crippen LogP contribution in [0.3, 0.4) is 0 Å². The molecule has 28 heavy (non-hydrogen) atoms. The Bertz CT molecular complexity index is 938. The number of thiazole rings is 1. The fourth-order valence-corrected chi connectivity index (χ4v) is 3.48. The van der Waals surface area contributed by atoms with Gasteiger partial charge in [-0.1, -0.05) is 0 Å². The molecule has 6 nitrogen and oxygen atoms in total. The number of carbonyl (C=O) groups is 1. The van der Waals surface area contributed by atoms with Gasteiger partial charge in [-0.3, -0.25) is 4.79 Å². The second-order valence-electron chi connectivity index (χ2n) is 5.89. The Morgan fingerprint density at radius 1 is 1.07 bits per heavy atom. The van der Waals surface area contributed by atoms with Gasteiger partial charge in [0, 0.05) is 17.0 Å². The molecule has 1 amide bonds. The number of hydrogen-bond acceptors (Lipinski definition) is 6. The Labute approximate surface area is 168 Å². The molecule has 2 aromatic carbocycles. The van der Waals surface area contributed by atoms with Crippen LogP contribution >= 0.6 is 11.3 Å². The number of nitrogens with zero attached hydrogens (tertiary/aromatic N) is 1. The minimum absolute atomic E-state index is 0.171. The van der Waals surface area contributed by atoms with Gasteiger partial charge in [0.05, 0.1) is 38.6 Å². The summed E-state index contributed by atoms with van der Waals surface area (Å²) in [6, 6.07) is 13.0. The first-order valence-electron chi connectivity index (χ1n) is 8.82. The summed E-state index contributed by atoms with van der Waals surface area (Å²) >= 11 is 1.51. The maximum atomic E-state index is 12.5. The first-order chi connectivity index (χ1) is 13.6. The third-order valence-electron chi connectivity index (χ3n) is 3.99. The molecule has 0 atom stereocenters. The smallest absolute Gasteiger partial charge is 0.230 e. The van der Waals surface area contributed by atoms with E-state index in [1.165, 1.54) is 11.3 Å². The lowest BCUT2D eigenvalue weighted by Crippen LogP contribution is -2.15. The van der Waals surface area contributed by atoms with E-state index in [2.05, 4.69) is 10.3 Å². The highest BCUT2D eigenvalue weighted by Gasteiger charge is 2.12. The SMILES string of the molecule is CCOc1ccc(-c2nc(CC(=O)Nc3cc(OC)ccc3OC)cs2)cc1. The van der Waals surface area contributed by atoms with Crippen molar-refractivity contribution in [3.8, 4) is 27.8 Å². The van der Waals surface area contributed by atoms with Crippen LogP contribution in [-0.4, -0.2) is 31.7 Å². The summed E-state index contributed by atoms with van der Waals surface area (Å²) in [5, 5.41) is 5.62. The van der Waals surface area contributed by atoms with Crippen LogP contribution in [0, 0.1) is 0 Å². The summed E-state index contributed by atoms with van der Waals surface area (Å²) in [6.45, 7) is 2.58. The first kappa shape index (κ1) is 19.7. The number of benzene rings is 2. The third kappa shape index (κ3) is 4.80. The van der Waals surface area contributed by atoms with E-state index in [0.29, 0.717) is 29.5 Å². The van der Waals surface area contributed by atoms with Crippen molar-refractivity contribution in [2.24, 2.45) is 0 Å². The van der Waals surface area contributed by atoms with Crippen LogP contribution in [0.4, 0.5) is 5.69 Å². The number of ether oxygens (including phenoxy) is 3. The highest BCUT2D eigenvalue weighted by atomic mass is 32.1. The summed E-state index contributed by atoms with van der Waals surface area (Å²) in [7, 11) is 3.13. The second kappa shape index (κ2) is 9.23. The molecule has 0 bridgehead atoms. The molecular weight excluding hydrogens is 376 g/mol. The topological polar surface area (TPSA) is 69.7 Å². The number of amides is 1. The van der Waals surface area contributed by atoms with Gasteiger partial charge in [-0.25, -0.2) is 4.98 Å². The van der Waals surface area contributed by atoms with Crippen LogP contribution in [0.2, 0.25) is 0 Å². The first-order valence-corrected chi connectivity index (χ1v) is 9.70. The molecule has 0 radical (unpaired) electrons. The van der Waals surface area contributed by atoms with Gasteiger partial charge in [-0.15, -0.1) is 11.3 Å². The van der Waals surface area contributed by atoms with E-state index in [4.69, 9.17) is 14.2 Å². The molecule has 3 rings (SSSR count). The van der Waals surface area contributed by atoms with Crippen molar-refractivity contribution in [2.75, 3.05) is 26.1 Å². The van der Waals surface area contributed by atoms with Crippen LogP contribution in [0.1, 0.15) is 12.6 Å². The predicted octanol–water partition coefficient (Wildman–Crippen LogP) is 4.41. The minimum atomic E-state index is -0.171. The number of aromatic nitrogens is 1. The van der Waals surface area contributed by atoms with E-state index >= 15 is 0 Å². The molecule has 1 N–H and O–H groups in total. The molecular formula is C21H22N2O4S. The highest BCUT2D eigenvalue weighted by molar-refractivity contribution is 7.13. The van der Waals surface area contributed by atoms with Gasteiger partial charge in [-0.2, -0.15) is 0 Å². The van der Waals surface area contributed by atoms with Crippen LogP contribution in [0.25, 0.3) is 10.6 Å². The molecule has 0 unspecified atom stereocenters. The summed E-state index contributed by atoms with van der Waals surface area (Å²) in [4.78, 5) is 17.0. The number of rotatable bonds is 8. The average Bonchev–Trinajstić information content (AvgIpc) is 3.17. The van der Waals surface area contributed by atoms with E-state index in [9.17, 15) is 4.79 Å². The van der Waals surface area contributed by atoms with E-state index in [1.807, 2.05) is 36.6 Å². The predicted molar refractivity (Wildman–Crippen MR) is 111 cm³/mol. The summed E-state index contributed by atoms with van der Waals surface area (Å²) in [5.74, 6) is 1.87. The molecule has 0 saturated carbocycles. The molecule has 3 aromatic rings. The lowest BCUT2D eigenvalue weighted by molar-refractivity contribution is -0.115. The molecule has 0 saturated heterocycles. The largest absolute Gasteiger partial charge is 0.497 e. The van der Waals surface area contributed by atoms with Crippen molar-refractivity contribution in [1.82, 2.24) is 4.98 Å². The normalized spacial score (nSPS) is 10.4. The maximum absolute atomic E-state index is 12.5. The zero-order valence-corrected chi connectivity index (χ0v) is 16.8. The molecule has 0 spiro atoms. The van der Waals surface area contributed by atoms with Crippen molar-refractivity contribution in [3.63, 3.8) is 0 Å². The Balaban J connectivity index is 1.67. The van der Waals surface area contributed by atoms with Gasteiger partial charge in [0.15, 0.2) is 0 Å². The van der Waals surface area contributed by atoms with E-state index in [0.717, 1.165) is 16.3 Å². The van der Waals surface area contributed by atoms with Gasteiger partial charge in [0.2, 0.25) is 5.91 Å². The summed E-state index contributed by atoms with van der Waals surface area (Å²) < 4.78 is 16.0. The number of nitrogens with one attached hydrogen (secondary N) is 1. The van der Waals surface area contributed by atoms with Gasteiger partial charge >= 0.3 is 0 Å². The van der Waals surface area contributed by atoms with Crippen molar-refractivity contribution in [2.45, 2.75) is 13.3 Å². The third-order valence-corrected chi connectivity index (χ3v) is 4.93. The molecule has 7 heteroatoms. The van der Waals surface area contributed by atoms with Crippen LogP contribution in [0.15, 0.2) is 47.8 Å². The van der Waals surface area contributed by atoms with Gasteiger partial charge in [0.1, 0.15) is 22.3 Å². The van der Waals surface area contributed by atoms with E-state index < -0.39 is 0 Å². The molecule has 1 aromatic heterocycles. The molecule has 0 aliphatic carbocycles. The molecule has 0 fully saturated rings. The van der Waals surface area contributed by atoms with Crippen LogP contribution < -0.4 is 19.5 Å². The monoisotopic (exact) mass is 398 g/mol. The zero-order valence-electron chi connectivity index (χ0n) is 16.0. The fraction of sp³-hybridized carbons (Fsp3) is 0.238. The summed E-state index contributed by atoms with van der Waals surface area (Å²) in [6.07, 6.45) is 0.174. The Morgan fingerprint density at radius 2 is 1.82 bits per heavy atom. The number of carbonyl (C=O) groups excluding carboxylic acids is 1. The second-order valence-corrected chi connectivity index (χ2v) is 6.75. The summed E-state index contributed by atoms with van der Waals surface area (Å²) in [5.41, 5.74) is 2.27. The van der Waals surface area contributed by atoms with Crippen molar-refractivity contribution in [3.05, 3.63) is 53.5 Å². The lowest BCUT2D eigenvalue weighted by atomic mass is 10.2. The molecule has 146 valence electrons. The molecule has 0 aliphatic rings. The molecule has 1 heterocycles. The van der Waals surface area contributed by atoms with E-state index in [-0.39, 0.29) is 12.3 Å².